The number of carbonyl (C=O) groups excluding carboxylic acids is 1. The lowest BCUT2D eigenvalue weighted by Gasteiger charge is -2.26. The molecule has 5 rings (SSSR count). The third-order valence-electron chi connectivity index (χ3n) is 5.90. The van der Waals surface area contributed by atoms with Crippen molar-refractivity contribution < 1.29 is 18.0 Å². The Labute approximate surface area is 180 Å². The van der Waals surface area contributed by atoms with Gasteiger partial charge in [-0.15, -0.1) is 4.80 Å². The predicted octanol–water partition coefficient (Wildman–Crippen LogP) is 2.64. The minimum atomic E-state index is -4.54. The number of fused-ring (bicyclic) bond motifs is 2. The number of pyridine rings is 1. The standard InChI is InChI=1S/C20H19F3N8O/c1-11-2-4-13(18(28-11)31-26-6-7-27-31)19(32)30-12-3-5-15(30)14(8-12)29-17-10-24-16(9-25-17)20(21,22)23/h2,4,6-7,9-10,12,14-15H,3,5,8H2,1H3,(H,25,29)/t12-,14-,15+/m1/s1. The number of aryl methyl sites for hydroxylation is 1. The summed E-state index contributed by atoms with van der Waals surface area (Å²) in [4.78, 5) is 28.4. The molecule has 3 aromatic rings. The van der Waals surface area contributed by atoms with Crippen LogP contribution in [-0.2, 0) is 6.18 Å². The number of alkyl halides is 3. The second-order valence-electron chi connectivity index (χ2n) is 7.92. The first-order valence-electron chi connectivity index (χ1n) is 10.1. The van der Waals surface area contributed by atoms with Gasteiger partial charge < -0.3 is 10.2 Å². The van der Waals surface area contributed by atoms with Crippen LogP contribution in [0.5, 0.6) is 0 Å². The van der Waals surface area contributed by atoms with Gasteiger partial charge in [0, 0.05) is 11.7 Å². The summed E-state index contributed by atoms with van der Waals surface area (Å²) in [6.07, 6.45) is 2.61. The molecule has 32 heavy (non-hydrogen) atoms. The van der Waals surface area contributed by atoms with Crippen molar-refractivity contribution >= 4 is 11.7 Å². The normalized spacial score (nSPS) is 22.4. The quantitative estimate of drug-likeness (QED) is 0.660. The highest BCUT2D eigenvalue weighted by atomic mass is 19.4. The zero-order valence-corrected chi connectivity index (χ0v) is 17.0. The first-order chi connectivity index (χ1) is 15.3. The maximum Gasteiger partial charge on any atom is 0.434 e. The van der Waals surface area contributed by atoms with E-state index in [9.17, 15) is 18.0 Å². The Hall–Kier alpha value is -3.57. The Morgan fingerprint density at radius 1 is 1.12 bits per heavy atom. The number of hydrogen-bond donors (Lipinski definition) is 1. The largest absolute Gasteiger partial charge is 0.434 e. The van der Waals surface area contributed by atoms with E-state index < -0.39 is 11.9 Å². The summed E-state index contributed by atoms with van der Waals surface area (Å²) in [6.45, 7) is 1.83. The van der Waals surface area contributed by atoms with Gasteiger partial charge in [0.15, 0.2) is 11.5 Å². The summed E-state index contributed by atoms with van der Waals surface area (Å²) >= 11 is 0. The number of anilines is 1. The summed E-state index contributed by atoms with van der Waals surface area (Å²) in [7, 11) is 0. The van der Waals surface area contributed by atoms with Crippen LogP contribution in [0.15, 0.2) is 36.9 Å². The highest BCUT2D eigenvalue weighted by Gasteiger charge is 2.49. The molecule has 12 heteroatoms. The van der Waals surface area contributed by atoms with Crippen LogP contribution < -0.4 is 5.32 Å². The average Bonchev–Trinajstić information content (AvgIpc) is 3.49. The Morgan fingerprint density at radius 2 is 1.91 bits per heavy atom. The van der Waals surface area contributed by atoms with Crippen molar-refractivity contribution in [3.8, 4) is 5.82 Å². The van der Waals surface area contributed by atoms with Crippen LogP contribution in [0.1, 0.15) is 41.0 Å². The number of amides is 1. The SMILES string of the molecule is Cc1ccc(C(=O)N2[C@@H]3CC[C@H]2[C@H](Nc2cnc(C(F)(F)F)cn2)C3)c(-n2nccn2)n1. The molecule has 2 aliphatic heterocycles. The number of rotatable bonds is 4. The third-order valence-corrected chi connectivity index (χ3v) is 5.90. The van der Waals surface area contributed by atoms with E-state index in [1.165, 1.54) is 17.2 Å². The van der Waals surface area contributed by atoms with Crippen molar-refractivity contribution in [1.82, 2.24) is 34.8 Å². The Bertz CT molecular complexity index is 1130. The molecule has 0 aliphatic carbocycles. The van der Waals surface area contributed by atoms with Crippen molar-refractivity contribution in [3.05, 3.63) is 53.9 Å². The molecular weight excluding hydrogens is 425 g/mol. The summed E-state index contributed by atoms with van der Waals surface area (Å²) in [6, 6.07) is 3.27. The predicted molar refractivity (Wildman–Crippen MR) is 106 cm³/mol. The molecule has 2 saturated heterocycles. The van der Waals surface area contributed by atoms with E-state index in [-0.39, 0.29) is 29.9 Å². The second kappa shape index (κ2) is 7.53. The van der Waals surface area contributed by atoms with Crippen LogP contribution in [0.2, 0.25) is 0 Å². The fourth-order valence-electron chi connectivity index (χ4n) is 4.53. The maximum absolute atomic E-state index is 13.5. The van der Waals surface area contributed by atoms with Gasteiger partial charge in [-0.2, -0.15) is 23.4 Å². The van der Waals surface area contributed by atoms with Gasteiger partial charge in [0.2, 0.25) is 0 Å². The number of aromatic nitrogens is 6. The number of hydrogen-bond acceptors (Lipinski definition) is 7. The number of nitrogens with one attached hydrogen (secondary N) is 1. The Morgan fingerprint density at radius 3 is 2.59 bits per heavy atom. The fraction of sp³-hybridized carbons (Fsp3) is 0.400. The van der Waals surface area contributed by atoms with Gasteiger partial charge in [-0.05, 0) is 38.3 Å². The van der Waals surface area contributed by atoms with E-state index >= 15 is 0 Å². The van der Waals surface area contributed by atoms with Gasteiger partial charge >= 0.3 is 6.18 Å². The van der Waals surface area contributed by atoms with E-state index in [0.29, 0.717) is 24.0 Å². The van der Waals surface area contributed by atoms with Gasteiger partial charge in [-0.25, -0.2) is 15.0 Å². The average molecular weight is 444 g/mol. The van der Waals surface area contributed by atoms with Gasteiger partial charge in [-0.1, -0.05) is 0 Å². The van der Waals surface area contributed by atoms with Gasteiger partial charge in [0.05, 0.1) is 42.4 Å². The van der Waals surface area contributed by atoms with Gasteiger partial charge in [0.25, 0.3) is 5.91 Å². The van der Waals surface area contributed by atoms with Crippen molar-refractivity contribution in [2.75, 3.05) is 5.32 Å². The van der Waals surface area contributed by atoms with Gasteiger partial charge in [0.1, 0.15) is 5.82 Å². The molecule has 9 nitrogen and oxygen atoms in total. The van der Waals surface area contributed by atoms with E-state index in [4.69, 9.17) is 0 Å². The first-order valence-corrected chi connectivity index (χ1v) is 10.1. The number of carbonyl (C=O) groups is 1. The molecule has 0 saturated carbocycles. The molecule has 0 radical (unpaired) electrons. The van der Waals surface area contributed by atoms with E-state index in [1.807, 2.05) is 11.8 Å². The summed E-state index contributed by atoms with van der Waals surface area (Å²) in [5.41, 5.74) is 0.0942. The van der Waals surface area contributed by atoms with Crippen LogP contribution in [0, 0.1) is 6.92 Å². The van der Waals surface area contributed by atoms with Crippen LogP contribution in [0.3, 0.4) is 0 Å². The Balaban J connectivity index is 1.37. The smallest absolute Gasteiger partial charge is 0.364 e. The molecule has 3 atom stereocenters. The molecule has 2 fully saturated rings. The molecule has 1 amide bonds. The lowest BCUT2D eigenvalue weighted by molar-refractivity contribution is -0.141. The second-order valence-corrected chi connectivity index (χ2v) is 7.92. The third kappa shape index (κ3) is 3.55. The molecular formula is C20H19F3N8O. The molecule has 2 aliphatic rings. The van der Waals surface area contributed by atoms with Crippen molar-refractivity contribution in [2.24, 2.45) is 0 Å². The summed E-state index contributed by atoms with van der Waals surface area (Å²) in [5.74, 6) is 0.450. The molecule has 5 heterocycles. The fourth-order valence-corrected chi connectivity index (χ4v) is 4.53. The summed E-state index contributed by atoms with van der Waals surface area (Å²) in [5, 5.41) is 11.4. The highest BCUT2D eigenvalue weighted by Crippen LogP contribution is 2.40. The molecule has 0 spiro atoms. The lowest BCUT2D eigenvalue weighted by atomic mass is 9.95. The monoisotopic (exact) mass is 444 g/mol. The van der Waals surface area contributed by atoms with Crippen molar-refractivity contribution in [2.45, 2.75) is 50.5 Å². The number of nitrogens with zero attached hydrogens (tertiary/aromatic N) is 7. The maximum atomic E-state index is 13.5. The van der Waals surface area contributed by atoms with E-state index in [0.717, 1.165) is 24.7 Å². The summed E-state index contributed by atoms with van der Waals surface area (Å²) < 4.78 is 38.2. The van der Waals surface area contributed by atoms with Crippen LogP contribution in [0.25, 0.3) is 5.82 Å². The molecule has 0 unspecified atom stereocenters. The minimum Gasteiger partial charge on any atom is -0.364 e. The molecule has 166 valence electrons. The number of halogens is 3. The van der Waals surface area contributed by atoms with Gasteiger partial charge in [-0.3, -0.25) is 4.79 Å². The van der Waals surface area contributed by atoms with E-state index in [1.54, 1.807) is 12.1 Å². The van der Waals surface area contributed by atoms with Crippen LogP contribution >= 0.6 is 0 Å². The zero-order chi connectivity index (χ0) is 22.5. The molecule has 1 N–H and O–H groups in total. The highest BCUT2D eigenvalue weighted by molar-refractivity contribution is 5.98. The van der Waals surface area contributed by atoms with Crippen LogP contribution in [0.4, 0.5) is 19.0 Å². The minimum absolute atomic E-state index is 0.0205. The molecule has 0 aromatic carbocycles. The molecule has 2 bridgehead atoms. The first kappa shape index (κ1) is 20.3. The van der Waals surface area contributed by atoms with Crippen molar-refractivity contribution in [3.63, 3.8) is 0 Å². The topological polar surface area (TPSA) is 102 Å². The molecule has 3 aromatic heterocycles. The Kier molecular flexibility index (Phi) is 4.79. The van der Waals surface area contributed by atoms with Crippen LogP contribution in [-0.4, -0.2) is 58.9 Å². The van der Waals surface area contributed by atoms with Crippen molar-refractivity contribution in [1.29, 1.82) is 0 Å². The van der Waals surface area contributed by atoms with E-state index in [2.05, 4.69) is 30.5 Å². The lowest BCUT2D eigenvalue weighted by Crippen LogP contribution is -2.40. The zero-order valence-electron chi connectivity index (χ0n) is 17.0.